The Bertz CT molecular complexity index is 547. The van der Waals surface area contributed by atoms with Crippen LogP contribution in [0.5, 0.6) is 0 Å². The second kappa shape index (κ2) is 8.83. The van der Waals surface area contributed by atoms with Crippen molar-refractivity contribution in [1.82, 2.24) is 10.2 Å². The van der Waals surface area contributed by atoms with Gasteiger partial charge in [0.05, 0.1) is 12.1 Å². The lowest BCUT2D eigenvalue weighted by Crippen LogP contribution is -2.49. The molecule has 3 atom stereocenters. The van der Waals surface area contributed by atoms with Crippen molar-refractivity contribution in [2.75, 3.05) is 13.1 Å². The number of benzene rings is 1. The summed E-state index contributed by atoms with van der Waals surface area (Å²) in [5.41, 5.74) is 1.09. The number of rotatable bonds is 7. The highest BCUT2D eigenvalue weighted by Gasteiger charge is 2.28. The molecule has 132 valence electrons. The van der Waals surface area contributed by atoms with Crippen molar-refractivity contribution in [2.24, 2.45) is 5.92 Å². The van der Waals surface area contributed by atoms with Crippen LogP contribution < -0.4 is 5.32 Å². The van der Waals surface area contributed by atoms with Crippen LogP contribution in [0.2, 0.25) is 0 Å². The zero-order valence-corrected chi connectivity index (χ0v) is 14.6. The zero-order chi connectivity index (χ0) is 17.5. The van der Waals surface area contributed by atoms with E-state index in [1.54, 1.807) is 0 Å². The third-order valence-corrected chi connectivity index (χ3v) is 4.90. The number of hydrogen-bond donors (Lipinski definition) is 2. The molecule has 0 aliphatic carbocycles. The van der Waals surface area contributed by atoms with Gasteiger partial charge in [0.25, 0.3) is 0 Å². The van der Waals surface area contributed by atoms with Gasteiger partial charge in [-0.2, -0.15) is 0 Å². The summed E-state index contributed by atoms with van der Waals surface area (Å²) in [6.45, 7) is 5.64. The number of carboxylic acid groups (broad SMARTS) is 1. The summed E-state index contributed by atoms with van der Waals surface area (Å²) in [6.07, 6.45) is 2.99. The van der Waals surface area contributed by atoms with Crippen molar-refractivity contribution in [3.63, 3.8) is 0 Å². The van der Waals surface area contributed by atoms with E-state index in [-0.39, 0.29) is 24.4 Å². The van der Waals surface area contributed by atoms with Gasteiger partial charge >= 0.3 is 5.97 Å². The SMILES string of the molecule is CC(NC(=O)C(C)N1CCCC(CCC(=O)O)C1)c1ccccc1. The Hall–Kier alpha value is -1.88. The Labute approximate surface area is 144 Å². The monoisotopic (exact) mass is 332 g/mol. The number of carboxylic acids is 1. The lowest BCUT2D eigenvalue weighted by atomic mass is 9.92. The van der Waals surface area contributed by atoms with Crippen LogP contribution in [0.1, 0.15) is 51.1 Å². The van der Waals surface area contributed by atoms with E-state index in [0.29, 0.717) is 12.3 Å². The molecule has 5 heteroatoms. The van der Waals surface area contributed by atoms with E-state index in [1.807, 2.05) is 44.2 Å². The highest BCUT2D eigenvalue weighted by Crippen LogP contribution is 2.23. The predicted octanol–water partition coefficient (Wildman–Crippen LogP) is 2.83. The van der Waals surface area contributed by atoms with Crippen molar-refractivity contribution in [2.45, 2.75) is 51.6 Å². The molecule has 1 saturated heterocycles. The number of carbonyl (C=O) groups excluding carboxylic acids is 1. The minimum atomic E-state index is -0.741. The summed E-state index contributed by atoms with van der Waals surface area (Å²) in [7, 11) is 0. The van der Waals surface area contributed by atoms with Crippen LogP contribution in [0.25, 0.3) is 0 Å². The van der Waals surface area contributed by atoms with E-state index < -0.39 is 5.97 Å². The molecule has 24 heavy (non-hydrogen) atoms. The number of nitrogens with one attached hydrogen (secondary N) is 1. The molecule has 0 saturated carbocycles. The molecule has 1 aromatic carbocycles. The van der Waals surface area contributed by atoms with Crippen LogP contribution in [0.15, 0.2) is 30.3 Å². The summed E-state index contributed by atoms with van der Waals surface area (Å²) >= 11 is 0. The van der Waals surface area contributed by atoms with Gasteiger partial charge < -0.3 is 10.4 Å². The topological polar surface area (TPSA) is 69.6 Å². The molecule has 5 nitrogen and oxygen atoms in total. The second-order valence-corrected chi connectivity index (χ2v) is 6.75. The van der Waals surface area contributed by atoms with Crippen molar-refractivity contribution < 1.29 is 14.7 Å². The van der Waals surface area contributed by atoms with Gasteiger partial charge in [-0.25, -0.2) is 0 Å². The van der Waals surface area contributed by atoms with E-state index in [4.69, 9.17) is 5.11 Å². The van der Waals surface area contributed by atoms with Crippen LogP contribution in [0.3, 0.4) is 0 Å². The minimum absolute atomic E-state index is 0.0197. The molecule has 0 bridgehead atoms. The van der Waals surface area contributed by atoms with Crippen molar-refractivity contribution in [1.29, 1.82) is 0 Å². The number of nitrogens with zero attached hydrogens (tertiary/aromatic N) is 1. The molecule has 1 fully saturated rings. The van der Waals surface area contributed by atoms with Gasteiger partial charge in [0.1, 0.15) is 0 Å². The first kappa shape index (κ1) is 18.5. The Morgan fingerprint density at radius 1 is 1.29 bits per heavy atom. The summed E-state index contributed by atoms with van der Waals surface area (Å²) in [5, 5.41) is 11.9. The number of carbonyl (C=O) groups is 2. The maximum absolute atomic E-state index is 12.6. The Morgan fingerprint density at radius 2 is 2.00 bits per heavy atom. The summed E-state index contributed by atoms with van der Waals surface area (Å²) in [4.78, 5) is 25.5. The third kappa shape index (κ3) is 5.34. The lowest BCUT2D eigenvalue weighted by molar-refractivity contribution is -0.137. The van der Waals surface area contributed by atoms with Crippen molar-refractivity contribution >= 4 is 11.9 Å². The van der Waals surface area contributed by atoms with Gasteiger partial charge in [-0.3, -0.25) is 14.5 Å². The molecule has 1 heterocycles. The molecular weight excluding hydrogens is 304 g/mol. The number of hydrogen-bond acceptors (Lipinski definition) is 3. The van der Waals surface area contributed by atoms with Gasteiger partial charge in [0, 0.05) is 13.0 Å². The molecule has 2 N–H and O–H groups in total. The summed E-state index contributed by atoms with van der Waals surface area (Å²) in [6, 6.07) is 9.72. The second-order valence-electron chi connectivity index (χ2n) is 6.75. The standard InChI is InChI=1S/C19H28N2O3/c1-14(17-8-4-3-5-9-17)20-19(24)15(2)21-12-6-7-16(13-21)10-11-18(22)23/h3-5,8-9,14-16H,6-7,10-13H2,1-2H3,(H,20,24)(H,22,23). The fourth-order valence-corrected chi connectivity index (χ4v) is 3.34. The maximum atomic E-state index is 12.6. The first-order chi connectivity index (χ1) is 11.5. The minimum Gasteiger partial charge on any atom is -0.481 e. The van der Waals surface area contributed by atoms with Gasteiger partial charge in [-0.1, -0.05) is 30.3 Å². The van der Waals surface area contributed by atoms with Gasteiger partial charge in [-0.15, -0.1) is 0 Å². The maximum Gasteiger partial charge on any atom is 0.303 e. The van der Waals surface area contributed by atoms with Crippen molar-refractivity contribution in [3.05, 3.63) is 35.9 Å². The average Bonchev–Trinajstić information content (AvgIpc) is 2.60. The molecule has 0 aromatic heterocycles. The van der Waals surface area contributed by atoms with Crippen LogP contribution in [0, 0.1) is 5.92 Å². The van der Waals surface area contributed by atoms with Crippen LogP contribution in [0.4, 0.5) is 0 Å². The Morgan fingerprint density at radius 3 is 2.67 bits per heavy atom. The predicted molar refractivity (Wildman–Crippen MR) is 93.6 cm³/mol. The fraction of sp³-hybridized carbons (Fsp3) is 0.579. The first-order valence-corrected chi connectivity index (χ1v) is 8.78. The number of likely N-dealkylation sites (tertiary alicyclic amines) is 1. The quantitative estimate of drug-likeness (QED) is 0.805. The largest absolute Gasteiger partial charge is 0.481 e. The Balaban J connectivity index is 1.86. The normalized spacial score (nSPS) is 21.0. The summed E-state index contributed by atoms with van der Waals surface area (Å²) in [5.74, 6) is -0.337. The van der Waals surface area contributed by atoms with E-state index in [0.717, 1.165) is 31.5 Å². The van der Waals surface area contributed by atoms with E-state index >= 15 is 0 Å². The molecule has 1 aliphatic heterocycles. The van der Waals surface area contributed by atoms with Gasteiger partial charge in [0.2, 0.25) is 5.91 Å². The fourth-order valence-electron chi connectivity index (χ4n) is 3.34. The highest BCUT2D eigenvalue weighted by atomic mass is 16.4. The van der Waals surface area contributed by atoms with Crippen LogP contribution >= 0.6 is 0 Å². The van der Waals surface area contributed by atoms with Gasteiger partial charge in [0.15, 0.2) is 0 Å². The molecule has 2 rings (SSSR count). The van der Waals surface area contributed by atoms with Crippen LogP contribution in [-0.4, -0.2) is 41.0 Å². The van der Waals surface area contributed by atoms with E-state index in [2.05, 4.69) is 10.2 Å². The number of amides is 1. The van der Waals surface area contributed by atoms with E-state index in [9.17, 15) is 9.59 Å². The third-order valence-electron chi connectivity index (χ3n) is 4.90. The first-order valence-electron chi connectivity index (χ1n) is 8.78. The van der Waals surface area contributed by atoms with Crippen LogP contribution in [-0.2, 0) is 9.59 Å². The summed E-state index contributed by atoms with van der Waals surface area (Å²) < 4.78 is 0. The molecule has 3 unspecified atom stereocenters. The zero-order valence-electron chi connectivity index (χ0n) is 14.6. The number of piperidine rings is 1. The highest BCUT2D eigenvalue weighted by molar-refractivity contribution is 5.81. The Kier molecular flexibility index (Phi) is 6.79. The van der Waals surface area contributed by atoms with Crippen molar-refractivity contribution in [3.8, 4) is 0 Å². The lowest BCUT2D eigenvalue weighted by Gasteiger charge is -2.36. The molecule has 1 aromatic rings. The average molecular weight is 332 g/mol. The smallest absolute Gasteiger partial charge is 0.303 e. The molecular formula is C19H28N2O3. The number of aliphatic carboxylic acids is 1. The van der Waals surface area contributed by atoms with E-state index in [1.165, 1.54) is 0 Å². The molecule has 0 radical (unpaired) electrons. The molecule has 0 spiro atoms. The van der Waals surface area contributed by atoms with Gasteiger partial charge in [-0.05, 0) is 51.1 Å². The molecule has 1 amide bonds. The molecule has 1 aliphatic rings.